The number of hydrogen-bond acceptors (Lipinski definition) is 6. The third-order valence-corrected chi connectivity index (χ3v) is 3.81. The standard InChI is InChI=1S/C17H20N2O5/c1-4-24-16(21)11-7-5-6-8-12(11)18-13-9-17(2,3)10-14(20)15(13)19(22)23/h5-8,15H,4,9-10H2,1-3H3. The zero-order valence-electron chi connectivity index (χ0n) is 13.9. The fourth-order valence-corrected chi connectivity index (χ4v) is 2.85. The van der Waals surface area contributed by atoms with Crippen LogP contribution in [0.3, 0.4) is 0 Å². The van der Waals surface area contributed by atoms with Crippen LogP contribution < -0.4 is 0 Å². The van der Waals surface area contributed by atoms with Gasteiger partial charge in [0, 0.05) is 11.3 Å². The van der Waals surface area contributed by atoms with E-state index in [2.05, 4.69) is 4.99 Å². The van der Waals surface area contributed by atoms with Crippen LogP contribution in [-0.2, 0) is 9.53 Å². The van der Waals surface area contributed by atoms with Crippen LogP contribution in [0.4, 0.5) is 5.69 Å². The van der Waals surface area contributed by atoms with Crippen LogP contribution in [0.2, 0.25) is 0 Å². The van der Waals surface area contributed by atoms with Gasteiger partial charge in [0.2, 0.25) is 5.78 Å². The zero-order valence-corrected chi connectivity index (χ0v) is 13.9. The highest BCUT2D eigenvalue weighted by atomic mass is 16.6. The van der Waals surface area contributed by atoms with Crippen molar-refractivity contribution in [3.05, 3.63) is 39.9 Å². The summed E-state index contributed by atoms with van der Waals surface area (Å²) in [4.78, 5) is 39.2. The van der Waals surface area contributed by atoms with Gasteiger partial charge in [0.05, 0.1) is 17.9 Å². The molecule has 24 heavy (non-hydrogen) atoms. The fourth-order valence-electron chi connectivity index (χ4n) is 2.85. The lowest BCUT2D eigenvalue weighted by molar-refractivity contribution is -0.490. The maximum absolute atomic E-state index is 12.2. The first-order valence-electron chi connectivity index (χ1n) is 7.75. The number of hydrogen-bond donors (Lipinski definition) is 0. The first-order valence-corrected chi connectivity index (χ1v) is 7.75. The molecule has 1 aromatic carbocycles. The van der Waals surface area contributed by atoms with Crippen LogP contribution in [0.25, 0.3) is 0 Å². The van der Waals surface area contributed by atoms with Crippen molar-refractivity contribution >= 4 is 23.2 Å². The number of Topliss-reactive ketones (excluding diaryl/α,β-unsaturated/α-hetero) is 1. The summed E-state index contributed by atoms with van der Waals surface area (Å²) in [7, 11) is 0. The molecule has 0 aromatic heterocycles. The maximum Gasteiger partial charge on any atom is 0.340 e. The van der Waals surface area contributed by atoms with Crippen molar-refractivity contribution < 1.29 is 19.2 Å². The molecule has 1 aliphatic carbocycles. The fraction of sp³-hybridized carbons (Fsp3) is 0.471. The molecule has 0 spiro atoms. The second-order valence-electron chi connectivity index (χ2n) is 6.51. The summed E-state index contributed by atoms with van der Waals surface area (Å²) in [5.74, 6) is -1.000. The minimum atomic E-state index is -1.45. The molecule has 7 nitrogen and oxygen atoms in total. The van der Waals surface area contributed by atoms with Crippen molar-refractivity contribution in [1.82, 2.24) is 0 Å². The van der Waals surface area contributed by atoms with E-state index in [0.717, 1.165) is 0 Å². The number of aliphatic imine (C=N–C) groups is 1. The van der Waals surface area contributed by atoms with Crippen LogP contribution in [0, 0.1) is 15.5 Å². The number of benzene rings is 1. The summed E-state index contributed by atoms with van der Waals surface area (Å²) in [6, 6.07) is 5.03. The summed E-state index contributed by atoms with van der Waals surface area (Å²) in [5, 5.41) is 11.3. The number of para-hydroxylation sites is 1. The van der Waals surface area contributed by atoms with E-state index >= 15 is 0 Å². The molecule has 2 rings (SSSR count). The van der Waals surface area contributed by atoms with Crippen LogP contribution in [0.15, 0.2) is 29.3 Å². The van der Waals surface area contributed by atoms with Crippen LogP contribution >= 0.6 is 0 Å². The first-order chi connectivity index (χ1) is 11.2. The van der Waals surface area contributed by atoms with Crippen LogP contribution in [0.1, 0.15) is 44.0 Å². The summed E-state index contributed by atoms with van der Waals surface area (Å²) >= 11 is 0. The average molecular weight is 332 g/mol. The van der Waals surface area contributed by atoms with Gasteiger partial charge < -0.3 is 4.74 Å². The summed E-state index contributed by atoms with van der Waals surface area (Å²) < 4.78 is 4.99. The summed E-state index contributed by atoms with van der Waals surface area (Å²) in [6.45, 7) is 5.64. The van der Waals surface area contributed by atoms with Crippen LogP contribution in [-0.4, -0.2) is 35.0 Å². The van der Waals surface area contributed by atoms with Gasteiger partial charge in [-0.1, -0.05) is 26.0 Å². The van der Waals surface area contributed by atoms with Gasteiger partial charge >= 0.3 is 12.0 Å². The van der Waals surface area contributed by atoms with Gasteiger partial charge in [-0.25, -0.2) is 9.79 Å². The van der Waals surface area contributed by atoms with Crippen molar-refractivity contribution in [2.75, 3.05) is 6.61 Å². The minimum Gasteiger partial charge on any atom is -0.462 e. The smallest absolute Gasteiger partial charge is 0.340 e. The molecular weight excluding hydrogens is 312 g/mol. The Hall–Kier alpha value is -2.57. The van der Waals surface area contributed by atoms with Gasteiger partial charge in [0.1, 0.15) is 5.71 Å². The first kappa shape index (κ1) is 17.8. The third-order valence-electron chi connectivity index (χ3n) is 3.81. The molecular formula is C17H20N2O5. The third kappa shape index (κ3) is 3.84. The van der Waals surface area contributed by atoms with E-state index < -0.39 is 28.1 Å². The molecule has 128 valence electrons. The number of ether oxygens (including phenoxy) is 1. The molecule has 1 atom stereocenters. The minimum absolute atomic E-state index is 0.136. The number of rotatable bonds is 4. The molecule has 0 radical (unpaired) electrons. The number of ketones is 1. The second kappa shape index (κ2) is 6.90. The van der Waals surface area contributed by atoms with Crippen molar-refractivity contribution in [2.45, 2.75) is 39.7 Å². The normalized spacial score (nSPS) is 21.5. The quantitative estimate of drug-likeness (QED) is 0.479. The molecule has 1 saturated carbocycles. The van der Waals surface area contributed by atoms with E-state index in [1.54, 1.807) is 31.2 Å². The van der Waals surface area contributed by atoms with E-state index in [4.69, 9.17) is 4.74 Å². The topological polar surface area (TPSA) is 98.9 Å². The van der Waals surface area contributed by atoms with E-state index in [1.165, 1.54) is 0 Å². The predicted octanol–water partition coefficient (Wildman–Crippen LogP) is 2.97. The van der Waals surface area contributed by atoms with Crippen molar-refractivity contribution in [1.29, 1.82) is 0 Å². The van der Waals surface area contributed by atoms with E-state index in [9.17, 15) is 19.7 Å². The van der Waals surface area contributed by atoms with E-state index in [0.29, 0.717) is 6.42 Å². The molecule has 1 unspecified atom stereocenters. The molecule has 0 heterocycles. The van der Waals surface area contributed by atoms with Gasteiger partial charge in [-0.15, -0.1) is 0 Å². The second-order valence-corrected chi connectivity index (χ2v) is 6.51. The molecule has 0 N–H and O–H groups in total. The molecule has 1 fully saturated rings. The largest absolute Gasteiger partial charge is 0.462 e. The Bertz CT molecular complexity index is 709. The van der Waals surface area contributed by atoms with Crippen molar-refractivity contribution in [2.24, 2.45) is 10.4 Å². The molecule has 0 amide bonds. The highest BCUT2D eigenvalue weighted by Gasteiger charge is 2.45. The highest BCUT2D eigenvalue weighted by molar-refractivity contribution is 6.11. The van der Waals surface area contributed by atoms with E-state index in [-0.39, 0.29) is 30.0 Å². The van der Waals surface area contributed by atoms with Crippen LogP contribution in [0.5, 0.6) is 0 Å². The predicted molar refractivity (Wildman–Crippen MR) is 88.3 cm³/mol. The lowest BCUT2D eigenvalue weighted by atomic mass is 9.74. The van der Waals surface area contributed by atoms with Crippen molar-refractivity contribution in [3.63, 3.8) is 0 Å². The van der Waals surface area contributed by atoms with Gasteiger partial charge in [0.15, 0.2) is 0 Å². The Morgan fingerprint density at radius 1 is 1.38 bits per heavy atom. The van der Waals surface area contributed by atoms with Crippen molar-refractivity contribution in [3.8, 4) is 0 Å². The molecule has 0 bridgehead atoms. The Morgan fingerprint density at radius 2 is 2.04 bits per heavy atom. The zero-order chi connectivity index (χ0) is 17.9. The van der Waals surface area contributed by atoms with Gasteiger partial charge in [0.25, 0.3) is 0 Å². The number of carbonyl (C=O) groups excluding carboxylic acids is 2. The maximum atomic E-state index is 12.2. The van der Waals surface area contributed by atoms with Gasteiger partial charge in [-0.2, -0.15) is 0 Å². The molecule has 1 aliphatic rings. The monoisotopic (exact) mass is 332 g/mol. The van der Waals surface area contributed by atoms with Gasteiger partial charge in [-0.05, 0) is 30.9 Å². The number of esters is 1. The Morgan fingerprint density at radius 3 is 2.67 bits per heavy atom. The molecule has 7 heteroatoms. The summed E-state index contributed by atoms with van der Waals surface area (Å²) in [5.41, 5.74) is 0.285. The Balaban J connectivity index is 2.49. The molecule has 0 saturated heterocycles. The average Bonchev–Trinajstić information content (AvgIpc) is 2.45. The lowest BCUT2D eigenvalue weighted by Gasteiger charge is -2.30. The highest BCUT2D eigenvalue weighted by Crippen LogP contribution is 2.34. The molecule has 0 aliphatic heterocycles. The van der Waals surface area contributed by atoms with E-state index in [1.807, 2.05) is 13.8 Å². The van der Waals surface area contributed by atoms with Gasteiger partial charge in [-0.3, -0.25) is 14.9 Å². The summed E-state index contributed by atoms with van der Waals surface area (Å²) in [6.07, 6.45) is 0.457. The Labute approximate surface area is 139 Å². The Kier molecular flexibility index (Phi) is 5.11. The number of nitrogens with zero attached hydrogens (tertiary/aromatic N) is 2. The number of nitro groups is 1. The SMILES string of the molecule is CCOC(=O)c1ccccc1N=C1CC(C)(C)CC(=O)C1[N+](=O)[O-]. The molecule has 1 aromatic rings. The number of carbonyl (C=O) groups is 2. The lowest BCUT2D eigenvalue weighted by Crippen LogP contribution is -2.46.